The number of benzene rings is 2. The summed E-state index contributed by atoms with van der Waals surface area (Å²) in [4.78, 5) is 12.2. The quantitative estimate of drug-likeness (QED) is 0.226. The molecule has 0 unspecified atom stereocenters. The summed E-state index contributed by atoms with van der Waals surface area (Å²) < 4.78 is 38.8. The van der Waals surface area contributed by atoms with Crippen LogP contribution in [0.3, 0.4) is 0 Å². The van der Waals surface area contributed by atoms with Crippen LogP contribution in [0.1, 0.15) is 17.0 Å². The van der Waals surface area contributed by atoms with E-state index in [0.29, 0.717) is 22.9 Å². The molecule has 4 rings (SSSR count). The molecular formula is C26H19F2N5O3S. The fraction of sp³-hybridized carbons (Fsp3) is 0.154. The van der Waals surface area contributed by atoms with Crippen molar-refractivity contribution in [1.29, 1.82) is 5.26 Å². The third-order valence-electron chi connectivity index (χ3n) is 5.29. The Kier molecular flexibility index (Phi) is 7.68. The van der Waals surface area contributed by atoms with E-state index in [9.17, 15) is 14.0 Å². The Bertz CT molecular complexity index is 1540. The first kappa shape index (κ1) is 25.6. The summed E-state index contributed by atoms with van der Waals surface area (Å²) in [6.07, 6.45) is 0. The van der Waals surface area contributed by atoms with Gasteiger partial charge >= 0.3 is 0 Å². The molecule has 0 aliphatic rings. The molecule has 0 radical (unpaired) electrons. The Labute approximate surface area is 215 Å². The summed E-state index contributed by atoms with van der Waals surface area (Å²) in [5.41, 5.74) is 7.66. The molecule has 2 aromatic carbocycles. The van der Waals surface area contributed by atoms with Gasteiger partial charge in [-0.3, -0.25) is 0 Å². The van der Waals surface area contributed by atoms with Crippen LogP contribution in [-0.2, 0) is 5.75 Å². The van der Waals surface area contributed by atoms with E-state index in [4.69, 9.17) is 26.6 Å². The highest BCUT2D eigenvalue weighted by molar-refractivity contribution is 7.98. The molecule has 11 heteroatoms. The second kappa shape index (κ2) is 11.1. The van der Waals surface area contributed by atoms with Crippen LogP contribution in [0.25, 0.3) is 27.4 Å². The Morgan fingerprint density at radius 2 is 1.92 bits per heavy atom. The lowest BCUT2D eigenvalue weighted by Gasteiger charge is -2.14. The number of anilines is 1. The number of aromatic nitrogens is 2. The molecule has 0 amide bonds. The van der Waals surface area contributed by atoms with E-state index >= 15 is 0 Å². The molecule has 4 aromatic rings. The van der Waals surface area contributed by atoms with E-state index in [0.717, 1.165) is 6.07 Å². The molecule has 0 fully saturated rings. The minimum Gasteiger partial charge on any atom is -0.488 e. The number of aliphatic hydroxyl groups is 1. The number of nitrogen functional groups attached to an aromatic ring is 1. The fourth-order valence-corrected chi connectivity index (χ4v) is 4.51. The van der Waals surface area contributed by atoms with Crippen LogP contribution in [0.5, 0.6) is 5.75 Å². The van der Waals surface area contributed by atoms with Gasteiger partial charge < -0.3 is 20.0 Å². The summed E-state index contributed by atoms with van der Waals surface area (Å²) in [5, 5.41) is 19.1. The van der Waals surface area contributed by atoms with Crippen LogP contribution >= 0.6 is 11.8 Å². The van der Waals surface area contributed by atoms with Gasteiger partial charge in [0.1, 0.15) is 35.1 Å². The molecule has 3 N–H and O–H groups in total. The van der Waals surface area contributed by atoms with Crippen molar-refractivity contribution in [2.75, 3.05) is 18.9 Å². The van der Waals surface area contributed by atoms with Crippen LogP contribution in [0.4, 0.5) is 20.3 Å². The maximum Gasteiger partial charge on any atom is 0.236 e. The van der Waals surface area contributed by atoms with Crippen molar-refractivity contribution in [1.82, 2.24) is 9.97 Å². The zero-order valence-corrected chi connectivity index (χ0v) is 20.3. The molecule has 0 aliphatic heterocycles. The minimum atomic E-state index is -0.720. The van der Waals surface area contributed by atoms with Crippen LogP contribution in [0, 0.1) is 36.5 Å². The standard InChI is InChI=1S/C26H19F2N5O3S/c1-14-20(32-25(36-14)15-3-6-17(27)7-4-15)13-37-26-18(12-29)22(23(31-2)24(30)33-26)16-5-8-21(19(28)11-16)35-10-9-34/h3-8,11,34H,9-10,13H2,1H3,(H2,30,33). The number of hydrogen-bond donors (Lipinski definition) is 2. The van der Waals surface area contributed by atoms with Gasteiger partial charge in [0.05, 0.1) is 24.4 Å². The number of nitrogens with zero attached hydrogens (tertiary/aromatic N) is 4. The van der Waals surface area contributed by atoms with Gasteiger partial charge in [-0.05, 0) is 48.9 Å². The second-order valence-corrected chi connectivity index (χ2v) is 8.62. The number of aliphatic hydroxyl groups excluding tert-OH is 1. The summed E-state index contributed by atoms with van der Waals surface area (Å²) >= 11 is 1.17. The highest BCUT2D eigenvalue weighted by atomic mass is 32.2. The molecule has 2 aromatic heterocycles. The maximum absolute atomic E-state index is 14.7. The number of halogens is 2. The first-order valence-corrected chi connectivity index (χ1v) is 11.8. The lowest BCUT2D eigenvalue weighted by molar-refractivity contribution is 0.196. The highest BCUT2D eigenvalue weighted by Crippen LogP contribution is 2.42. The second-order valence-electron chi connectivity index (χ2n) is 7.66. The normalized spacial score (nSPS) is 10.6. The average Bonchev–Trinajstić information content (AvgIpc) is 3.26. The van der Waals surface area contributed by atoms with Crippen LogP contribution in [-0.4, -0.2) is 28.3 Å². The van der Waals surface area contributed by atoms with Gasteiger partial charge in [-0.15, -0.1) is 0 Å². The van der Waals surface area contributed by atoms with Crippen molar-refractivity contribution in [2.24, 2.45) is 0 Å². The maximum atomic E-state index is 14.7. The number of thioether (sulfide) groups is 1. The van der Waals surface area contributed by atoms with Gasteiger partial charge in [0, 0.05) is 16.9 Å². The highest BCUT2D eigenvalue weighted by Gasteiger charge is 2.22. The van der Waals surface area contributed by atoms with E-state index in [1.165, 1.54) is 36.0 Å². The smallest absolute Gasteiger partial charge is 0.236 e. The largest absolute Gasteiger partial charge is 0.488 e. The van der Waals surface area contributed by atoms with E-state index in [2.05, 4.69) is 20.9 Å². The van der Waals surface area contributed by atoms with Crippen molar-refractivity contribution in [3.05, 3.63) is 82.5 Å². The number of ether oxygens (including phenoxy) is 1. The Morgan fingerprint density at radius 1 is 1.19 bits per heavy atom. The molecule has 8 nitrogen and oxygen atoms in total. The third kappa shape index (κ3) is 5.38. The minimum absolute atomic E-state index is 0.0635. The van der Waals surface area contributed by atoms with E-state index in [1.54, 1.807) is 19.1 Å². The number of oxazole rings is 1. The molecule has 2 heterocycles. The number of pyridine rings is 1. The molecule has 0 atom stereocenters. The zero-order chi connectivity index (χ0) is 26.5. The predicted octanol–water partition coefficient (Wildman–Crippen LogP) is 5.66. The fourth-order valence-electron chi connectivity index (χ4n) is 3.52. The molecule has 0 aliphatic carbocycles. The van der Waals surface area contributed by atoms with Crippen LogP contribution in [0.15, 0.2) is 51.9 Å². The average molecular weight is 520 g/mol. The van der Waals surface area contributed by atoms with Crippen molar-refractivity contribution in [2.45, 2.75) is 17.7 Å². The van der Waals surface area contributed by atoms with Gasteiger partial charge in [-0.2, -0.15) is 5.26 Å². The van der Waals surface area contributed by atoms with Crippen molar-refractivity contribution >= 4 is 23.3 Å². The van der Waals surface area contributed by atoms with E-state index in [1.807, 2.05) is 0 Å². The molecule has 0 bridgehead atoms. The van der Waals surface area contributed by atoms with Gasteiger partial charge in [0.2, 0.25) is 11.6 Å². The number of rotatable bonds is 8. The molecule has 37 heavy (non-hydrogen) atoms. The number of nitrogens with two attached hydrogens (primary N) is 1. The monoisotopic (exact) mass is 519 g/mol. The molecular weight excluding hydrogens is 500 g/mol. The lowest BCUT2D eigenvalue weighted by atomic mass is 9.99. The zero-order valence-electron chi connectivity index (χ0n) is 19.5. The van der Waals surface area contributed by atoms with Gasteiger partial charge in [0.15, 0.2) is 11.6 Å². The van der Waals surface area contributed by atoms with Crippen molar-refractivity contribution in [3.63, 3.8) is 0 Å². The first-order valence-electron chi connectivity index (χ1n) is 10.9. The topological polar surface area (TPSA) is 123 Å². The van der Waals surface area contributed by atoms with Gasteiger partial charge in [-0.1, -0.05) is 17.8 Å². The van der Waals surface area contributed by atoms with Gasteiger partial charge in [0.25, 0.3) is 0 Å². The summed E-state index contributed by atoms with van der Waals surface area (Å²) in [6.45, 7) is 8.94. The summed E-state index contributed by atoms with van der Waals surface area (Å²) in [7, 11) is 0. The number of nitriles is 1. The number of hydrogen-bond acceptors (Lipinski definition) is 8. The lowest BCUT2D eigenvalue weighted by Crippen LogP contribution is -2.03. The predicted molar refractivity (Wildman–Crippen MR) is 134 cm³/mol. The molecule has 0 spiro atoms. The molecule has 0 saturated heterocycles. The Hall–Kier alpha value is -4.45. The van der Waals surface area contributed by atoms with Crippen LogP contribution < -0.4 is 10.5 Å². The Morgan fingerprint density at radius 3 is 2.57 bits per heavy atom. The van der Waals surface area contributed by atoms with E-state index in [-0.39, 0.29) is 63.8 Å². The first-order chi connectivity index (χ1) is 17.9. The SMILES string of the molecule is [C-]#[N+]c1c(N)nc(SCc2nc(-c3ccc(F)cc3)oc2C)c(C#N)c1-c1ccc(OCCO)c(F)c1. The molecule has 0 saturated carbocycles. The van der Waals surface area contributed by atoms with Crippen LogP contribution in [0.2, 0.25) is 0 Å². The van der Waals surface area contributed by atoms with E-state index < -0.39 is 5.82 Å². The van der Waals surface area contributed by atoms with Crippen molar-refractivity contribution in [3.8, 4) is 34.4 Å². The Balaban J connectivity index is 1.69. The van der Waals surface area contributed by atoms with Gasteiger partial charge in [-0.25, -0.2) is 23.6 Å². The third-order valence-corrected chi connectivity index (χ3v) is 6.27. The summed E-state index contributed by atoms with van der Waals surface area (Å²) in [6, 6.07) is 11.8. The molecule has 186 valence electrons. The summed E-state index contributed by atoms with van der Waals surface area (Å²) in [5.74, 6) is -0.145. The van der Waals surface area contributed by atoms with Crippen molar-refractivity contribution < 1.29 is 23.0 Å². The number of aryl methyl sites for hydroxylation is 1.